The van der Waals surface area contributed by atoms with E-state index in [-0.39, 0.29) is 11.3 Å². The number of aromatic nitrogens is 2. The van der Waals surface area contributed by atoms with Gasteiger partial charge in [-0.2, -0.15) is 0 Å². The number of carbonyl (C=O) groups excluding carboxylic acids is 1. The van der Waals surface area contributed by atoms with Crippen LogP contribution in [0.3, 0.4) is 0 Å². The monoisotopic (exact) mass is 399 g/mol. The zero-order chi connectivity index (χ0) is 19.8. The van der Waals surface area contributed by atoms with Crippen molar-refractivity contribution in [3.8, 4) is 17.0 Å². The maximum absolute atomic E-state index is 12.2. The molecule has 1 N–H and O–H groups in total. The number of imidazole rings is 1. The average Bonchev–Trinajstić information content (AvgIpc) is 2.95. The highest BCUT2D eigenvalue weighted by Crippen LogP contribution is 2.27. The number of rotatable bonds is 4. The lowest BCUT2D eigenvalue weighted by molar-refractivity contribution is -0.274. The van der Waals surface area contributed by atoms with Crippen molar-refractivity contribution < 1.29 is 31.1 Å². The van der Waals surface area contributed by atoms with Crippen LogP contribution in [-0.2, 0) is 10.0 Å². The Kier molecular flexibility index (Phi) is 4.56. The summed E-state index contributed by atoms with van der Waals surface area (Å²) < 4.78 is 66.3. The van der Waals surface area contributed by atoms with Gasteiger partial charge in [-0.05, 0) is 36.4 Å². The summed E-state index contributed by atoms with van der Waals surface area (Å²) in [6, 6.07) is 8.03. The molecule has 0 spiro atoms. The number of pyridine rings is 1. The number of sulfonamides is 1. The summed E-state index contributed by atoms with van der Waals surface area (Å²) in [6.45, 7) is 0. The minimum absolute atomic E-state index is 0.0963. The van der Waals surface area contributed by atoms with E-state index in [2.05, 4.69) is 9.72 Å². The van der Waals surface area contributed by atoms with E-state index in [1.807, 2.05) is 4.72 Å². The van der Waals surface area contributed by atoms with E-state index < -0.39 is 22.3 Å². The number of fused-ring (bicyclic) bond motifs is 1. The van der Waals surface area contributed by atoms with Crippen molar-refractivity contribution in [1.29, 1.82) is 0 Å². The largest absolute Gasteiger partial charge is 0.573 e. The lowest BCUT2D eigenvalue weighted by Crippen LogP contribution is -2.29. The molecule has 0 unspecified atom stereocenters. The lowest BCUT2D eigenvalue weighted by atomic mass is 10.1. The first-order valence-corrected chi connectivity index (χ1v) is 9.26. The van der Waals surface area contributed by atoms with Crippen molar-refractivity contribution in [2.45, 2.75) is 6.36 Å². The highest BCUT2D eigenvalue weighted by molar-refractivity contribution is 7.89. The molecule has 0 saturated carbocycles. The van der Waals surface area contributed by atoms with Gasteiger partial charge in [-0.15, -0.1) is 13.2 Å². The van der Waals surface area contributed by atoms with Crippen LogP contribution in [0.2, 0.25) is 0 Å². The van der Waals surface area contributed by atoms with Gasteiger partial charge >= 0.3 is 6.36 Å². The number of hydrogen-bond donors (Lipinski definition) is 1. The molecular weight excluding hydrogens is 387 g/mol. The number of nitrogens with zero attached hydrogens (tertiary/aromatic N) is 2. The fourth-order valence-corrected chi connectivity index (χ4v) is 2.84. The third-order valence-corrected chi connectivity index (χ3v) is 3.99. The number of alkyl halides is 3. The number of nitrogens with one attached hydrogen (secondary N) is 1. The molecular formula is C16H12F3N3O4S. The number of benzene rings is 1. The molecule has 0 aliphatic carbocycles. The normalized spacial score (nSPS) is 12.1. The molecule has 3 rings (SSSR count). The number of carbonyl (C=O) groups is 1. The molecule has 0 saturated heterocycles. The average molecular weight is 399 g/mol. The van der Waals surface area contributed by atoms with E-state index in [0.29, 0.717) is 16.9 Å². The summed E-state index contributed by atoms with van der Waals surface area (Å²) in [6.07, 6.45) is -0.917. The van der Waals surface area contributed by atoms with Crippen LogP contribution in [0.4, 0.5) is 13.2 Å². The molecule has 27 heavy (non-hydrogen) atoms. The van der Waals surface area contributed by atoms with Crippen LogP contribution in [0.25, 0.3) is 16.9 Å². The van der Waals surface area contributed by atoms with Gasteiger partial charge in [0.2, 0.25) is 10.0 Å². The Bertz CT molecular complexity index is 1110. The summed E-state index contributed by atoms with van der Waals surface area (Å²) in [5.74, 6) is -1.14. The Balaban J connectivity index is 1.90. The second-order valence-corrected chi connectivity index (χ2v) is 7.31. The van der Waals surface area contributed by atoms with Crippen LogP contribution in [0.5, 0.6) is 5.75 Å². The molecule has 1 amide bonds. The molecule has 0 aliphatic heterocycles. The molecule has 2 aromatic heterocycles. The minimum atomic E-state index is -4.77. The third-order valence-electron chi connectivity index (χ3n) is 3.44. The third kappa shape index (κ3) is 4.56. The Morgan fingerprint density at radius 2 is 1.85 bits per heavy atom. The van der Waals surface area contributed by atoms with Crippen molar-refractivity contribution in [2.24, 2.45) is 0 Å². The highest BCUT2D eigenvalue weighted by Gasteiger charge is 2.31. The van der Waals surface area contributed by atoms with Gasteiger partial charge in [-0.3, -0.25) is 9.20 Å². The van der Waals surface area contributed by atoms with Crippen molar-refractivity contribution in [3.63, 3.8) is 0 Å². The second-order valence-electron chi connectivity index (χ2n) is 5.56. The molecule has 0 fully saturated rings. The Morgan fingerprint density at radius 3 is 2.44 bits per heavy atom. The highest BCUT2D eigenvalue weighted by atomic mass is 32.2. The van der Waals surface area contributed by atoms with Gasteiger partial charge in [0.05, 0.1) is 18.1 Å². The summed E-state index contributed by atoms with van der Waals surface area (Å²) in [5, 5.41) is 0. The quantitative estimate of drug-likeness (QED) is 0.728. The molecule has 1 aromatic carbocycles. The van der Waals surface area contributed by atoms with Crippen LogP contribution in [-0.4, -0.2) is 36.3 Å². The molecule has 3 aromatic rings. The summed E-state index contributed by atoms with van der Waals surface area (Å²) in [4.78, 5) is 16.0. The van der Waals surface area contributed by atoms with Crippen LogP contribution in [0, 0.1) is 0 Å². The molecule has 142 valence electrons. The lowest BCUT2D eigenvalue weighted by Gasteiger charge is -2.09. The predicted octanol–water partition coefficient (Wildman–Crippen LogP) is 2.59. The minimum Gasteiger partial charge on any atom is -0.406 e. The van der Waals surface area contributed by atoms with E-state index in [4.69, 9.17) is 0 Å². The second kappa shape index (κ2) is 6.58. The summed E-state index contributed by atoms with van der Waals surface area (Å²) >= 11 is 0. The fraction of sp³-hybridized carbons (Fsp3) is 0.125. The van der Waals surface area contributed by atoms with Gasteiger partial charge < -0.3 is 4.74 Å². The van der Waals surface area contributed by atoms with E-state index in [1.165, 1.54) is 48.8 Å². The smallest absolute Gasteiger partial charge is 0.406 e. The zero-order valence-electron chi connectivity index (χ0n) is 13.7. The van der Waals surface area contributed by atoms with E-state index in [0.717, 1.165) is 6.26 Å². The van der Waals surface area contributed by atoms with Crippen molar-refractivity contribution in [2.75, 3.05) is 6.26 Å². The van der Waals surface area contributed by atoms with Crippen molar-refractivity contribution in [1.82, 2.24) is 14.1 Å². The van der Waals surface area contributed by atoms with E-state index in [1.54, 1.807) is 4.40 Å². The zero-order valence-corrected chi connectivity index (χ0v) is 14.5. The summed E-state index contributed by atoms with van der Waals surface area (Å²) in [5.41, 5.74) is 1.60. The molecule has 0 aliphatic rings. The van der Waals surface area contributed by atoms with Gasteiger partial charge in [0.15, 0.2) is 0 Å². The van der Waals surface area contributed by atoms with Gasteiger partial charge in [0, 0.05) is 17.3 Å². The van der Waals surface area contributed by atoms with Crippen molar-refractivity contribution >= 4 is 21.6 Å². The van der Waals surface area contributed by atoms with Crippen molar-refractivity contribution in [3.05, 3.63) is 54.4 Å². The van der Waals surface area contributed by atoms with Gasteiger partial charge in [0.25, 0.3) is 5.91 Å². The number of amides is 1. The Hall–Kier alpha value is -3.08. The Morgan fingerprint density at radius 1 is 1.19 bits per heavy atom. The topological polar surface area (TPSA) is 89.8 Å². The molecule has 7 nitrogen and oxygen atoms in total. The molecule has 2 heterocycles. The first-order valence-electron chi connectivity index (χ1n) is 7.37. The first kappa shape index (κ1) is 18.7. The number of hydrogen-bond acceptors (Lipinski definition) is 5. The van der Waals surface area contributed by atoms with Crippen LogP contribution < -0.4 is 9.46 Å². The molecule has 0 atom stereocenters. The van der Waals surface area contributed by atoms with E-state index >= 15 is 0 Å². The fourth-order valence-electron chi connectivity index (χ4n) is 2.39. The SMILES string of the molecule is CS(=O)(=O)NC(=O)c1ccn2c(-c3ccc(OC(F)(F)F)cc3)cnc2c1. The Labute approximate surface area is 151 Å². The van der Waals surface area contributed by atoms with Crippen LogP contribution in [0.1, 0.15) is 10.4 Å². The van der Waals surface area contributed by atoms with Gasteiger partial charge in [-0.25, -0.2) is 18.1 Å². The molecule has 0 radical (unpaired) electrons. The van der Waals surface area contributed by atoms with Gasteiger partial charge in [0.1, 0.15) is 11.4 Å². The first-order chi connectivity index (χ1) is 12.5. The summed E-state index contributed by atoms with van der Waals surface area (Å²) in [7, 11) is -3.70. The number of ether oxygens (including phenoxy) is 1. The number of halogens is 3. The maximum atomic E-state index is 12.2. The van der Waals surface area contributed by atoms with Gasteiger partial charge in [-0.1, -0.05) is 0 Å². The maximum Gasteiger partial charge on any atom is 0.573 e. The van der Waals surface area contributed by atoms with Crippen LogP contribution in [0.15, 0.2) is 48.8 Å². The molecule has 11 heteroatoms. The van der Waals surface area contributed by atoms with E-state index in [9.17, 15) is 26.4 Å². The van der Waals surface area contributed by atoms with Crippen LogP contribution >= 0.6 is 0 Å². The molecule has 0 bridgehead atoms. The standard InChI is InChI=1S/C16H12F3N3O4S/c1-27(24,25)21-15(23)11-6-7-22-13(9-20-14(22)8-11)10-2-4-12(5-3-10)26-16(17,18)19/h2-9H,1H3,(H,21,23). The predicted molar refractivity (Wildman–Crippen MR) is 89.6 cm³/mol.